The number of carbonyl (C=O) groups is 1. The average Bonchev–Trinajstić information content (AvgIpc) is 3.20. The molecule has 174 valence electrons. The lowest BCUT2D eigenvalue weighted by molar-refractivity contribution is 0.124. The molecule has 0 spiro atoms. The quantitative estimate of drug-likeness (QED) is 0.540. The van der Waals surface area contributed by atoms with Gasteiger partial charge in [0, 0.05) is 43.7 Å². The maximum atomic E-state index is 14.5. The third kappa shape index (κ3) is 5.74. The van der Waals surface area contributed by atoms with E-state index in [0.717, 1.165) is 5.56 Å². The number of pyridine rings is 2. The standard InChI is InChI=1S/C24H27FN4O4/c1-32-22-8-7-20-23(28-22)18(19(25)12-26-20)9-10-29-13-17(21(30)14-29)11-27-24(31)33-15-16-5-3-2-4-6-16/h2-8,12,17,21,30H,9-11,13-15H2,1H3,(H,27,31). The van der Waals surface area contributed by atoms with Crippen LogP contribution in [0.5, 0.6) is 5.88 Å². The molecule has 3 heterocycles. The molecule has 9 heteroatoms. The lowest BCUT2D eigenvalue weighted by Gasteiger charge is -2.17. The molecule has 2 unspecified atom stereocenters. The average molecular weight is 455 g/mol. The van der Waals surface area contributed by atoms with E-state index in [1.165, 1.54) is 13.3 Å². The predicted molar refractivity (Wildman–Crippen MR) is 120 cm³/mol. The fraction of sp³-hybridized carbons (Fsp3) is 0.375. The van der Waals surface area contributed by atoms with Crippen LogP contribution in [-0.2, 0) is 17.8 Å². The first-order valence-corrected chi connectivity index (χ1v) is 10.9. The molecule has 2 atom stereocenters. The van der Waals surface area contributed by atoms with Gasteiger partial charge in [-0.25, -0.2) is 14.2 Å². The van der Waals surface area contributed by atoms with Gasteiger partial charge in [-0.2, -0.15) is 0 Å². The Morgan fingerprint density at radius 3 is 2.85 bits per heavy atom. The number of hydrogen-bond donors (Lipinski definition) is 2. The van der Waals surface area contributed by atoms with Crippen LogP contribution >= 0.6 is 0 Å². The normalized spacial score (nSPS) is 18.4. The molecule has 1 fully saturated rings. The second kappa shape index (κ2) is 10.5. The molecule has 33 heavy (non-hydrogen) atoms. The fourth-order valence-electron chi connectivity index (χ4n) is 4.01. The molecule has 4 rings (SSSR count). The van der Waals surface area contributed by atoms with Crippen molar-refractivity contribution < 1.29 is 23.8 Å². The number of aliphatic hydroxyl groups is 1. The first-order valence-electron chi connectivity index (χ1n) is 10.9. The molecule has 1 aliphatic rings. The van der Waals surface area contributed by atoms with E-state index in [1.807, 2.05) is 30.3 Å². The third-order valence-corrected chi connectivity index (χ3v) is 5.83. The van der Waals surface area contributed by atoms with E-state index in [-0.39, 0.29) is 12.5 Å². The Balaban J connectivity index is 1.29. The van der Waals surface area contributed by atoms with Crippen molar-refractivity contribution in [2.24, 2.45) is 5.92 Å². The van der Waals surface area contributed by atoms with Gasteiger partial charge >= 0.3 is 6.09 Å². The number of nitrogens with one attached hydrogen (secondary N) is 1. The van der Waals surface area contributed by atoms with Crippen molar-refractivity contribution in [2.75, 3.05) is 33.3 Å². The number of rotatable bonds is 8. The highest BCUT2D eigenvalue weighted by Crippen LogP contribution is 2.23. The molecule has 0 radical (unpaired) electrons. The summed E-state index contributed by atoms with van der Waals surface area (Å²) in [7, 11) is 1.51. The molecule has 2 N–H and O–H groups in total. The van der Waals surface area contributed by atoms with E-state index in [9.17, 15) is 14.3 Å². The molecular weight excluding hydrogens is 427 g/mol. The molecule has 0 bridgehead atoms. The lowest BCUT2D eigenvalue weighted by atomic mass is 10.1. The number of amides is 1. The summed E-state index contributed by atoms with van der Waals surface area (Å²) in [5.74, 6) is -0.146. The number of ether oxygens (including phenoxy) is 2. The minimum atomic E-state index is -0.586. The van der Waals surface area contributed by atoms with Crippen LogP contribution in [0.1, 0.15) is 11.1 Å². The zero-order valence-corrected chi connectivity index (χ0v) is 18.4. The van der Waals surface area contributed by atoms with Gasteiger partial charge in [0.2, 0.25) is 5.88 Å². The first-order chi connectivity index (χ1) is 16.0. The highest BCUT2D eigenvalue weighted by molar-refractivity contribution is 5.78. The molecule has 2 aromatic heterocycles. The van der Waals surface area contributed by atoms with Crippen LogP contribution in [-0.4, -0.2) is 65.5 Å². The number of methoxy groups -OCH3 is 1. The lowest BCUT2D eigenvalue weighted by Crippen LogP contribution is -2.34. The number of carbonyl (C=O) groups excluding carboxylic acids is 1. The van der Waals surface area contributed by atoms with Crippen LogP contribution in [0.25, 0.3) is 11.0 Å². The Hall–Kier alpha value is -3.30. The molecular formula is C24H27FN4O4. The van der Waals surface area contributed by atoms with Gasteiger partial charge in [0.15, 0.2) is 0 Å². The van der Waals surface area contributed by atoms with E-state index in [4.69, 9.17) is 9.47 Å². The van der Waals surface area contributed by atoms with Gasteiger partial charge < -0.3 is 19.9 Å². The largest absolute Gasteiger partial charge is 0.481 e. The molecule has 3 aromatic rings. The van der Waals surface area contributed by atoms with Gasteiger partial charge in [-0.1, -0.05) is 30.3 Å². The van der Waals surface area contributed by atoms with Crippen molar-refractivity contribution in [3.8, 4) is 5.88 Å². The van der Waals surface area contributed by atoms with Gasteiger partial charge in [0.25, 0.3) is 0 Å². The Morgan fingerprint density at radius 2 is 2.06 bits per heavy atom. The minimum absolute atomic E-state index is 0.133. The highest BCUT2D eigenvalue weighted by Gasteiger charge is 2.31. The van der Waals surface area contributed by atoms with E-state index < -0.39 is 18.0 Å². The molecule has 0 aliphatic carbocycles. The number of aromatic nitrogens is 2. The monoisotopic (exact) mass is 454 g/mol. The fourth-order valence-corrected chi connectivity index (χ4v) is 4.01. The molecule has 0 saturated carbocycles. The number of aliphatic hydroxyl groups excluding tert-OH is 1. The Labute approximate surface area is 191 Å². The van der Waals surface area contributed by atoms with Gasteiger partial charge in [-0.15, -0.1) is 0 Å². The Bertz CT molecular complexity index is 1100. The topological polar surface area (TPSA) is 96.8 Å². The van der Waals surface area contributed by atoms with Crippen LogP contribution in [0, 0.1) is 11.7 Å². The van der Waals surface area contributed by atoms with Gasteiger partial charge in [0.1, 0.15) is 12.4 Å². The van der Waals surface area contributed by atoms with Crippen molar-refractivity contribution in [1.29, 1.82) is 0 Å². The summed E-state index contributed by atoms with van der Waals surface area (Å²) in [4.78, 5) is 22.5. The third-order valence-electron chi connectivity index (χ3n) is 5.83. The van der Waals surface area contributed by atoms with Crippen LogP contribution in [0.2, 0.25) is 0 Å². The summed E-state index contributed by atoms with van der Waals surface area (Å²) < 4.78 is 24.9. The number of β-amino-alcohol motifs (C(OH)–C–C–N with tert-alkyl or cyclic N) is 1. The van der Waals surface area contributed by atoms with Crippen molar-refractivity contribution >= 4 is 17.1 Å². The van der Waals surface area contributed by atoms with Crippen LogP contribution in [0.4, 0.5) is 9.18 Å². The summed E-state index contributed by atoms with van der Waals surface area (Å²) in [6.07, 6.45) is 0.515. The number of hydrogen-bond acceptors (Lipinski definition) is 7. The summed E-state index contributed by atoms with van der Waals surface area (Å²) >= 11 is 0. The smallest absolute Gasteiger partial charge is 0.407 e. The molecule has 1 aliphatic heterocycles. The highest BCUT2D eigenvalue weighted by atomic mass is 19.1. The van der Waals surface area contributed by atoms with Crippen LogP contribution in [0.3, 0.4) is 0 Å². The van der Waals surface area contributed by atoms with E-state index in [2.05, 4.69) is 20.2 Å². The maximum absolute atomic E-state index is 14.5. The van der Waals surface area contributed by atoms with Gasteiger partial charge in [-0.05, 0) is 18.1 Å². The minimum Gasteiger partial charge on any atom is -0.481 e. The molecule has 1 amide bonds. The van der Waals surface area contributed by atoms with Crippen molar-refractivity contribution in [3.63, 3.8) is 0 Å². The number of fused-ring (bicyclic) bond motifs is 1. The summed E-state index contributed by atoms with van der Waals surface area (Å²) in [6, 6.07) is 12.9. The summed E-state index contributed by atoms with van der Waals surface area (Å²) in [5, 5.41) is 13.2. The molecule has 1 aromatic carbocycles. The zero-order chi connectivity index (χ0) is 23.2. The van der Waals surface area contributed by atoms with E-state index >= 15 is 0 Å². The number of nitrogens with zero attached hydrogens (tertiary/aromatic N) is 3. The number of halogens is 1. The van der Waals surface area contributed by atoms with Crippen molar-refractivity contribution in [1.82, 2.24) is 20.2 Å². The van der Waals surface area contributed by atoms with Gasteiger partial charge in [-0.3, -0.25) is 9.88 Å². The maximum Gasteiger partial charge on any atom is 0.407 e. The number of likely N-dealkylation sites (tertiary alicyclic amines) is 1. The number of benzene rings is 1. The van der Waals surface area contributed by atoms with Crippen LogP contribution in [0.15, 0.2) is 48.7 Å². The predicted octanol–water partition coefficient (Wildman–Crippen LogP) is 2.54. The number of alkyl carbamates (subject to hydrolysis) is 1. The summed E-state index contributed by atoms with van der Waals surface area (Å²) in [5.41, 5.74) is 2.46. The van der Waals surface area contributed by atoms with Gasteiger partial charge in [0.05, 0.1) is 30.4 Å². The van der Waals surface area contributed by atoms with Crippen molar-refractivity contribution in [2.45, 2.75) is 19.1 Å². The SMILES string of the molecule is COc1ccc2ncc(F)c(CCN3CC(O)C(CNC(=O)OCc4ccccc4)C3)c2n1. The second-order valence-corrected chi connectivity index (χ2v) is 8.09. The first kappa shape index (κ1) is 22.9. The Kier molecular flexibility index (Phi) is 7.31. The van der Waals surface area contributed by atoms with E-state index in [1.54, 1.807) is 12.1 Å². The second-order valence-electron chi connectivity index (χ2n) is 8.09. The molecule has 8 nitrogen and oxygen atoms in total. The molecule has 1 saturated heterocycles. The Morgan fingerprint density at radius 1 is 1.24 bits per heavy atom. The van der Waals surface area contributed by atoms with E-state index in [0.29, 0.717) is 55.1 Å². The zero-order valence-electron chi connectivity index (χ0n) is 18.4. The van der Waals surface area contributed by atoms with Crippen LogP contribution < -0.4 is 10.1 Å². The summed E-state index contributed by atoms with van der Waals surface area (Å²) in [6.45, 7) is 2.07. The van der Waals surface area contributed by atoms with Crippen molar-refractivity contribution in [3.05, 3.63) is 65.6 Å².